The summed E-state index contributed by atoms with van der Waals surface area (Å²) in [7, 11) is 1.42. The lowest BCUT2D eigenvalue weighted by Crippen LogP contribution is -2.22. The number of rotatable bonds is 9. The van der Waals surface area contributed by atoms with E-state index < -0.39 is 0 Å². The van der Waals surface area contributed by atoms with Crippen molar-refractivity contribution >= 4 is 23.9 Å². The molecule has 0 saturated carbocycles. The fraction of sp³-hybridized carbons (Fsp3) is 0.529. The summed E-state index contributed by atoms with van der Waals surface area (Å²) in [5, 5.41) is 0. The van der Waals surface area contributed by atoms with Crippen molar-refractivity contribution in [3.63, 3.8) is 0 Å². The molecule has 1 atom stereocenters. The van der Waals surface area contributed by atoms with Crippen molar-refractivity contribution in [2.75, 3.05) is 12.9 Å². The molecule has 0 N–H and O–H groups in total. The van der Waals surface area contributed by atoms with E-state index in [1.54, 1.807) is 0 Å². The Labute approximate surface area is 132 Å². The summed E-state index contributed by atoms with van der Waals surface area (Å²) < 4.78 is 4.79. The van der Waals surface area contributed by atoms with Crippen LogP contribution in [0, 0.1) is 5.92 Å². The number of carbonyl (C=O) groups is 1. The van der Waals surface area contributed by atoms with Gasteiger partial charge in [0, 0.05) is 12.0 Å². The summed E-state index contributed by atoms with van der Waals surface area (Å²) >= 11 is 1.88. The van der Waals surface area contributed by atoms with Crippen molar-refractivity contribution in [3.05, 3.63) is 35.9 Å². The third kappa shape index (κ3) is 7.90. The molecule has 0 bridgehead atoms. The van der Waals surface area contributed by atoms with Gasteiger partial charge in [0.25, 0.3) is 0 Å². The summed E-state index contributed by atoms with van der Waals surface area (Å²) in [4.78, 5) is 16.0. The second-order valence-corrected chi connectivity index (χ2v) is 6.43. The normalized spacial score (nSPS) is 12.8. The van der Waals surface area contributed by atoms with Gasteiger partial charge in [-0.25, -0.2) is 4.79 Å². The van der Waals surface area contributed by atoms with E-state index in [2.05, 4.69) is 43.1 Å². The molecule has 4 heteroatoms. The van der Waals surface area contributed by atoms with Crippen molar-refractivity contribution in [1.82, 2.24) is 0 Å². The molecule has 0 aliphatic heterocycles. The number of nitrogens with zero attached hydrogens (tertiary/aromatic N) is 1. The van der Waals surface area contributed by atoms with Crippen LogP contribution in [-0.4, -0.2) is 31.1 Å². The fourth-order valence-corrected chi connectivity index (χ4v) is 2.75. The van der Waals surface area contributed by atoms with Gasteiger partial charge in [-0.05, 0) is 30.1 Å². The molecule has 1 unspecified atom stereocenters. The van der Waals surface area contributed by atoms with E-state index in [4.69, 9.17) is 4.74 Å². The predicted octanol–water partition coefficient (Wildman–Crippen LogP) is 3.97. The van der Waals surface area contributed by atoms with Crippen molar-refractivity contribution < 1.29 is 9.53 Å². The van der Waals surface area contributed by atoms with Gasteiger partial charge in [-0.15, -0.1) is 0 Å². The number of hydrogen-bond donors (Lipinski definition) is 0. The molecule has 1 aromatic carbocycles. The SMILES string of the molecule is COC(=O)C(CC(C)C)N=CCCSCc1ccccc1. The third-order valence-corrected chi connectivity index (χ3v) is 4.02. The second-order valence-electron chi connectivity index (χ2n) is 5.33. The van der Waals surface area contributed by atoms with Crippen LogP contribution in [0.4, 0.5) is 0 Å². The quantitative estimate of drug-likeness (QED) is 0.394. The zero-order chi connectivity index (χ0) is 15.5. The maximum Gasteiger partial charge on any atom is 0.330 e. The van der Waals surface area contributed by atoms with E-state index >= 15 is 0 Å². The Bertz CT molecular complexity index is 432. The lowest BCUT2D eigenvalue weighted by Gasteiger charge is -2.12. The predicted molar refractivity (Wildman–Crippen MR) is 91.0 cm³/mol. The Morgan fingerprint density at radius 3 is 2.67 bits per heavy atom. The van der Waals surface area contributed by atoms with Gasteiger partial charge in [-0.2, -0.15) is 11.8 Å². The first-order valence-corrected chi connectivity index (χ1v) is 8.50. The first-order valence-electron chi connectivity index (χ1n) is 7.34. The van der Waals surface area contributed by atoms with Crippen LogP contribution in [-0.2, 0) is 15.3 Å². The molecule has 0 fully saturated rings. The number of ether oxygens (including phenoxy) is 1. The fourth-order valence-electron chi connectivity index (χ4n) is 1.90. The van der Waals surface area contributed by atoms with E-state index in [1.807, 2.05) is 24.0 Å². The highest BCUT2D eigenvalue weighted by Gasteiger charge is 2.18. The molecule has 0 aliphatic rings. The molecule has 0 saturated heterocycles. The van der Waals surface area contributed by atoms with Crippen molar-refractivity contribution in [2.45, 2.75) is 38.5 Å². The minimum absolute atomic E-state index is 0.239. The van der Waals surface area contributed by atoms with E-state index in [1.165, 1.54) is 12.7 Å². The number of thioether (sulfide) groups is 1. The van der Waals surface area contributed by atoms with Gasteiger partial charge in [-0.1, -0.05) is 44.2 Å². The van der Waals surface area contributed by atoms with E-state index in [-0.39, 0.29) is 12.0 Å². The summed E-state index contributed by atoms with van der Waals surface area (Å²) in [5.41, 5.74) is 1.34. The molecule has 1 aromatic rings. The maximum atomic E-state index is 11.6. The highest BCUT2D eigenvalue weighted by Crippen LogP contribution is 2.13. The average molecular weight is 307 g/mol. The monoisotopic (exact) mass is 307 g/mol. The van der Waals surface area contributed by atoms with Crippen LogP contribution in [0.5, 0.6) is 0 Å². The van der Waals surface area contributed by atoms with Crippen LogP contribution < -0.4 is 0 Å². The smallest absolute Gasteiger partial charge is 0.330 e. The first-order chi connectivity index (χ1) is 10.1. The number of hydrogen-bond acceptors (Lipinski definition) is 4. The summed E-state index contributed by atoms with van der Waals surface area (Å²) in [5.74, 6) is 2.21. The molecule has 3 nitrogen and oxygen atoms in total. The van der Waals surface area contributed by atoms with E-state index in [0.29, 0.717) is 5.92 Å². The number of benzene rings is 1. The molecule has 0 amide bonds. The van der Waals surface area contributed by atoms with Gasteiger partial charge in [-0.3, -0.25) is 4.99 Å². The van der Waals surface area contributed by atoms with Crippen LogP contribution in [0.2, 0.25) is 0 Å². The van der Waals surface area contributed by atoms with Gasteiger partial charge < -0.3 is 4.74 Å². The minimum Gasteiger partial charge on any atom is -0.467 e. The molecular formula is C17H25NO2S. The van der Waals surface area contributed by atoms with Crippen LogP contribution in [0.1, 0.15) is 32.3 Å². The molecule has 0 radical (unpaired) electrons. The summed E-state index contributed by atoms with van der Waals surface area (Å²) in [6, 6.07) is 10.1. The van der Waals surface area contributed by atoms with E-state index in [9.17, 15) is 4.79 Å². The standard InChI is InChI=1S/C17H25NO2S/c1-14(2)12-16(17(19)20-3)18-10-7-11-21-13-15-8-5-4-6-9-15/h4-6,8-10,14,16H,7,11-13H2,1-3H3. The zero-order valence-electron chi connectivity index (χ0n) is 13.1. The molecule has 0 spiro atoms. The van der Waals surface area contributed by atoms with E-state index in [0.717, 1.165) is 24.3 Å². The van der Waals surface area contributed by atoms with Crippen molar-refractivity contribution in [1.29, 1.82) is 0 Å². The molecule has 0 aromatic heterocycles. The molecule has 0 heterocycles. The van der Waals surface area contributed by atoms with Gasteiger partial charge in [0.05, 0.1) is 7.11 Å². The highest BCUT2D eigenvalue weighted by atomic mass is 32.2. The topological polar surface area (TPSA) is 38.7 Å². The molecule has 1 rings (SSSR count). The minimum atomic E-state index is -0.353. The number of methoxy groups -OCH3 is 1. The van der Waals surface area contributed by atoms with Crippen LogP contribution in [0.25, 0.3) is 0 Å². The largest absolute Gasteiger partial charge is 0.467 e. The average Bonchev–Trinajstić information content (AvgIpc) is 2.49. The third-order valence-electron chi connectivity index (χ3n) is 2.96. The van der Waals surface area contributed by atoms with Crippen molar-refractivity contribution in [2.24, 2.45) is 10.9 Å². The number of aliphatic imine (C=N–C) groups is 1. The van der Waals surface area contributed by atoms with Crippen molar-refractivity contribution in [3.8, 4) is 0 Å². The van der Waals surface area contributed by atoms with Gasteiger partial charge in [0.1, 0.15) is 6.04 Å². The molecular weight excluding hydrogens is 282 g/mol. The Hall–Kier alpha value is -1.29. The first kappa shape index (κ1) is 17.8. The lowest BCUT2D eigenvalue weighted by atomic mass is 10.0. The Morgan fingerprint density at radius 1 is 1.33 bits per heavy atom. The zero-order valence-corrected chi connectivity index (χ0v) is 13.9. The van der Waals surface area contributed by atoms with Crippen LogP contribution in [0.3, 0.4) is 0 Å². The second kappa shape index (κ2) is 10.4. The highest BCUT2D eigenvalue weighted by molar-refractivity contribution is 7.98. The van der Waals surface area contributed by atoms with Gasteiger partial charge in [0.2, 0.25) is 0 Å². The van der Waals surface area contributed by atoms with Crippen LogP contribution >= 0.6 is 11.8 Å². The molecule has 116 valence electrons. The number of esters is 1. The summed E-state index contributed by atoms with van der Waals surface area (Å²) in [6.45, 7) is 4.17. The molecule has 0 aliphatic carbocycles. The lowest BCUT2D eigenvalue weighted by molar-refractivity contribution is -0.142. The van der Waals surface area contributed by atoms with Gasteiger partial charge in [0.15, 0.2) is 0 Å². The maximum absolute atomic E-state index is 11.6. The molecule has 21 heavy (non-hydrogen) atoms. The Kier molecular flexibility index (Phi) is 8.83. The van der Waals surface area contributed by atoms with Gasteiger partial charge >= 0.3 is 5.97 Å². The summed E-state index contributed by atoms with van der Waals surface area (Å²) in [6.07, 6.45) is 3.48. The Morgan fingerprint density at radius 2 is 2.05 bits per heavy atom. The Balaban J connectivity index is 2.26. The van der Waals surface area contributed by atoms with Crippen LogP contribution in [0.15, 0.2) is 35.3 Å². The number of carbonyl (C=O) groups excluding carboxylic acids is 1.